The van der Waals surface area contributed by atoms with Gasteiger partial charge in [-0.3, -0.25) is 4.79 Å². The topological polar surface area (TPSA) is 35.5 Å². The standard InChI is InChI=1S/C15H22O3/c1-6-12(10(2)3)15(16)11-7-8-13(17-4)14(9-11)18-5/h7-10,12H,6H2,1-5H3/t12-/m0/s1. The van der Waals surface area contributed by atoms with Gasteiger partial charge in [-0.1, -0.05) is 20.8 Å². The van der Waals surface area contributed by atoms with Crippen LogP contribution in [0.25, 0.3) is 0 Å². The SMILES string of the molecule is CC[C@H](C(=O)c1ccc(OC)c(OC)c1)C(C)C. The van der Waals surface area contributed by atoms with Gasteiger partial charge < -0.3 is 9.47 Å². The number of hydrogen-bond acceptors (Lipinski definition) is 3. The number of hydrogen-bond donors (Lipinski definition) is 0. The molecule has 0 aliphatic rings. The minimum absolute atomic E-state index is 0.0584. The van der Waals surface area contributed by atoms with E-state index in [9.17, 15) is 4.79 Å². The van der Waals surface area contributed by atoms with Crippen LogP contribution < -0.4 is 9.47 Å². The van der Waals surface area contributed by atoms with E-state index in [1.165, 1.54) is 0 Å². The minimum Gasteiger partial charge on any atom is -0.493 e. The van der Waals surface area contributed by atoms with Gasteiger partial charge in [0.1, 0.15) is 0 Å². The Kier molecular flexibility index (Phi) is 5.20. The second kappa shape index (κ2) is 6.43. The van der Waals surface area contributed by atoms with Crippen LogP contribution in [0.5, 0.6) is 11.5 Å². The summed E-state index contributed by atoms with van der Waals surface area (Å²) in [6, 6.07) is 5.33. The Morgan fingerprint density at radius 1 is 1.17 bits per heavy atom. The molecule has 0 spiro atoms. The van der Waals surface area contributed by atoms with Crippen LogP contribution >= 0.6 is 0 Å². The molecule has 0 aliphatic carbocycles. The van der Waals surface area contributed by atoms with Crippen molar-refractivity contribution in [2.45, 2.75) is 27.2 Å². The van der Waals surface area contributed by atoms with E-state index in [1.54, 1.807) is 32.4 Å². The monoisotopic (exact) mass is 250 g/mol. The van der Waals surface area contributed by atoms with Crippen LogP contribution in [-0.2, 0) is 0 Å². The maximum atomic E-state index is 12.4. The van der Waals surface area contributed by atoms with Crippen LogP contribution in [-0.4, -0.2) is 20.0 Å². The molecule has 1 aromatic carbocycles. The number of Topliss-reactive ketones (excluding diaryl/α,β-unsaturated/α-hetero) is 1. The summed E-state index contributed by atoms with van der Waals surface area (Å²) in [4.78, 5) is 12.4. The fourth-order valence-corrected chi connectivity index (χ4v) is 2.16. The summed E-state index contributed by atoms with van der Waals surface area (Å²) in [6.07, 6.45) is 0.852. The van der Waals surface area contributed by atoms with E-state index in [-0.39, 0.29) is 11.7 Å². The van der Waals surface area contributed by atoms with Crippen molar-refractivity contribution in [3.63, 3.8) is 0 Å². The van der Waals surface area contributed by atoms with E-state index >= 15 is 0 Å². The van der Waals surface area contributed by atoms with Crippen LogP contribution in [0.4, 0.5) is 0 Å². The van der Waals surface area contributed by atoms with Gasteiger partial charge in [0.15, 0.2) is 17.3 Å². The number of carbonyl (C=O) groups is 1. The van der Waals surface area contributed by atoms with Crippen LogP contribution in [0.1, 0.15) is 37.6 Å². The van der Waals surface area contributed by atoms with E-state index in [4.69, 9.17) is 9.47 Å². The average molecular weight is 250 g/mol. The first kappa shape index (κ1) is 14.6. The molecule has 1 aromatic rings. The molecule has 0 N–H and O–H groups in total. The first-order chi connectivity index (χ1) is 8.54. The lowest BCUT2D eigenvalue weighted by Crippen LogP contribution is -2.19. The van der Waals surface area contributed by atoms with Gasteiger partial charge in [-0.25, -0.2) is 0 Å². The lowest BCUT2D eigenvalue weighted by atomic mass is 9.86. The van der Waals surface area contributed by atoms with E-state index in [1.807, 2.05) is 6.92 Å². The van der Waals surface area contributed by atoms with E-state index < -0.39 is 0 Å². The lowest BCUT2D eigenvalue weighted by molar-refractivity contribution is 0.0881. The molecule has 3 heteroatoms. The van der Waals surface area contributed by atoms with Crippen molar-refractivity contribution in [2.75, 3.05) is 14.2 Å². The van der Waals surface area contributed by atoms with E-state index in [0.29, 0.717) is 23.0 Å². The van der Waals surface area contributed by atoms with Crippen molar-refractivity contribution in [1.82, 2.24) is 0 Å². The summed E-state index contributed by atoms with van der Waals surface area (Å²) in [7, 11) is 3.16. The smallest absolute Gasteiger partial charge is 0.166 e. The number of methoxy groups -OCH3 is 2. The average Bonchev–Trinajstić information content (AvgIpc) is 2.38. The molecule has 1 rings (SSSR count). The molecule has 0 heterocycles. The summed E-state index contributed by atoms with van der Waals surface area (Å²) in [5, 5.41) is 0. The molecule has 3 nitrogen and oxygen atoms in total. The third kappa shape index (κ3) is 3.03. The lowest BCUT2D eigenvalue weighted by Gasteiger charge is -2.18. The van der Waals surface area contributed by atoms with Gasteiger partial charge >= 0.3 is 0 Å². The predicted octanol–water partition coefficient (Wildman–Crippen LogP) is 3.57. The van der Waals surface area contributed by atoms with E-state index in [2.05, 4.69) is 13.8 Å². The van der Waals surface area contributed by atoms with Crippen molar-refractivity contribution in [2.24, 2.45) is 11.8 Å². The maximum Gasteiger partial charge on any atom is 0.166 e. The van der Waals surface area contributed by atoms with Gasteiger partial charge in [-0.15, -0.1) is 0 Å². The predicted molar refractivity (Wildman–Crippen MR) is 72.5 cm³/mol. The highest BCUT2D eigenvalue weighted by atomic mass is 16.5. The fraction of sp³-hybridized carbons (Fsp3) is 0.533. The van der Waals surface area contributed by atoms with Gasteiger partial charge in [-0.2, -0.15) is 0 Å². The zero-order valence-electron chi connectivity index (χ0n) is 11.8. The molecule has 0 fully saturated rings. The third-order valence-corrected chi connectivity index (χ3v) is 3.25. The van der Waals surface area contributed by atoms with Crippen molar-refractivity contribution in [3.05, 3.63) is 23.8 Å². The Bertz CT molecular complexity index is 410. The summed E-state index contributed by atoms with van der Waals surface area (Å²) >= 11 is 0. The Labute approximate surface area is 109 Å². The van der Waals surface area contributed by atoms with Gasteiger partial charge in [-0.05, 0) is 30.5 Å². The molecule has 0 radical (unpaired) electrons. The molecular weight excluding hydrogens is 228 g/mol. The summed E-state index contributed by atoms with van der Waals surface area (Å²) in [5.41, 5.74) is 0.688. The molecule has 0 aromatic heterocycles. The second-order valence-electron chi connectivity index (χ2n) is 4.69. The zero-order valence-corrected chi connectivity index (χ0v) is 11.8. The van der Waals surface area contributed by atoms with Crippen molar-refractivity contribution in [3.8, 4) is 11.5 Å². The van der Waals surface area contributed by atoms with Gasteiger partial charge in [0.05, 0.1) is 14.2 Å². The van der Waals surface area contributed by atoms with Crippen LogP contribution in [0, 0.1) is 11.8 Å². The first-order valence-corrected chi connectivity index (χ1v) is 6.31. The molecule has 100 valence electrons. The van der Waals surface area contributed by atoms with E-state index in [0.717, 1.165) is 6.42 Å². The fourth-order valence-electron chi connectivity index (χ4n) is 2.16. The largest absolute Gasteiger partial charge is 0.493 e. The summed E-state index contributed by atoms with van der Waals surface area (Å²) < 4.78 is 10.4. The van der Waals surface area contributed by atoms with Crippen molar-refractivity contribution >= 4 is 5.78 Å². The molecule has 0 amide bonds. The summed E-state index contributed by atoms with van der Waals surface area (Å²) in [6.45, 7) is 6.20. The second-order valence-corrected chi connectivity index (χ2v) is 4.69. The van der Waals surface area contributed by atoms with Gasteiger partial charge in [0, 0.05) is 11.5 Å². The van der Waals surface area contributed by atoms with Crippen LogP contribution in [0.15, 0.2) is 18.2 Å². The Morgan fingerprint density at radius 3 is 2.22 bits per heavy atom. The van der Waals surface area contributed by atoms with Crippen molar-refractivity contribution in [1.29, 1.82) is 0 Å². The normalized spacial score (nSPS) is 12.3. The molecular formula is C15H22O3. The van der Waals surface area contributed by atoms with Gasteiger partial charge in [0.25, 0.3) is 0 Å². The molecule has 0 bridgehead atoms. The number of ketones is 1. The van der Waals surface area contributed by atoms with Gasteiger partial charge in [0.2, 0.25) is 0 Å². The number of rotatable bonds is 6. The number of ether oxygens (including phenoxy) is 2. The highest BCUT2D eigenvalue weighted by Gasteiger charge is 2.22. The van der Waals surface area contributed by atoms with Crippen molar-refractivity contribution < 1.29 is 14.3 Å². The Hall–Kier alpha value is -1.51. The number of benzene rings is 1. The highest BCUT2D eigenvalue weighted by Crippen LogP contribution is 2.30. The first-order valence-electron chi connectivity index (χ1n) is 6.31. The molecule has 0 saturated heterocycles. The summed E-state index contributed by atoms with van der Waals surface area (Å²) in [5.74, 6) is 1.82. The quantitative estimate of drug-likeness (QED) is 0.724. The van der Waals surface area contributed by atoms with Crippen LogP contribution in [0.2, 0.25) is 0 Å². The number of carbonyl (C=O) groups excluding carboxylic acids is 1. The molecule has 0 aliphatic heterocycles. The molecule has 18 heavy (non-hydrogen) atoms. The maximum absolute atomic E-state index is 12.4. The Balaban J connectivity index is 3.06. The van der Waals surface area contributed by atoms with Crippen LogP contribution in [0.3, 0.4) is 0 Å². The zero-order chi connectivity index (χ0) is 13.7. The third-order valence-electron chi connectivity index (χ3n) is 3.25. The Morgan fingerprint density at radius 2 is 1.78 bits per heavy atom. The molecule has 1 atom stereocenters. The minimum atomic E-state index is 0.0584. The highest BCUT2D eigenvalue weighted by molar-refractivity contribution is 5.98. The molecule has 0 saturated carbocycles. The molecule has 0 unspecified atom stereocenters.